The van der Waals surface area contributed by atoms with Gasteiger partial charge in [0.2, 0.25) is 11.8 Å². The van der Waals surface area contributed by atoms with Gasteiger partial charge in [-0.2, -0.15) is 0 Å². The van der Waals surface area contributed by atoms with Gasteiger partial charge in [0, 0.05) is 43.4 Å². The Balaban J connectivity index is 1.79. The number of nitro groups is 1. The lowest BCUT2D eigenvalue weighted by Crippen LogP contribution is -2.26. The highest BCUT2D eigenvalue weighted by molar-refractivity contribution is 5.94. The van der Waals surface area contributed by atoms with E-state index >= 15 is 0 Å². The van der Waals surface area contributed by atoms with Gasteiger partial charge in [0.05, 0.1) is 4.92 Å². The molecule has 0 aromatic heterocycles. The molecule has 0 saturated heterocycles. The lowest BCUT2D eigenvalue weighted by Gasteiger charge is -2.17. The molecule has 0 aliphatic rings. The number of nitro benzene ring substituents is 1. The van der Waals surface area contributed by atoms with Crippen molar-refractivity contribution in [2.45, 2.75) is 19.3 Å². The number of nitrogens with one attached hydrogen (secondary N) is 1. The van der Waals surface area contributed by atoms with Crippen LogP contribution in [0.5, 0.6) is 0 Å². The molecule has 2 aromatic carbocycles. The van der Waals surface area contributed by atoms with E-state index in [0.717, 1.165) is 5.69 Å². The van der Waals surface area contributed by atoms with Gasteiger partial charge in [0.1, 0.15) is 0 Å². The van der Waals surface area contributed by atoms with Gasteiger partial charge in [0.15, 0.2) is 0 Å². The molecule has 0 atom stereocenters. The van der Waals surface area contributed by atoms with Gasteiger partial charge in [-0.1, -0.05) is 24.3 Å². The molecule has 0 aliphatic carbocycles. The summed E-state index contributed by atoms with van der Waals surface area (Å²) in [6.07, 6.45) is 0.807. The van der Waals surface area contributed by atoms with Crippen LogP contribution < -0.4 is 10.2 Å². The average Bonchev–Trinajstić information content (AvgIpc) is 2.61. The van der Waals surface area contributed by atoms with Crippen LogP contribution in [0, 0.1) is 10.1 Å². The van der Waals surface area contributed by atoms with E-state index in [2.05, 4.69) is 5.32 Å². The topological polar surface area (TPSA) is 92.6 Å². The summed E-state index contributed by atoms with van der Waals surface area (Å²) in [5.74, 6) is -0.356. The first-order chi connectivity index (χ1) is 12.0. The van der Waals surface area contributed by atoms with Crippen LogP contribution in [0.4, 0.5) is 17.1 Å². The van der Waals surface area contributed by atoms with E-state index < -0.39 is 4.92 Å². The van der Waals surface area contributed by atoms with E-state index in [1.165, 1.54) is 18.2 Å². The van der Waals surface area contributed by atoms with Gasteiger partial charge in [-0.05, 0) is 24.6 Å². The number of anilines is 2. The molecule has 0 radical (unpaired) electrons. The summed E-state index contributed by atoms with van der Waals surface area (Å²) in [6, 6.07) is 15.0. The zero-order valence-corrected chi connectivity index (χ0v) is 13.8. The number of carbonyl (C=O) groups excluding carboxylic acids is 2. The van der Waals surface area contributed by atoms with Crippen molar-refractivity contribution >= 4 is 28.9 Å². The molecule has 130 valence electrons. The molecule has 7 nitrogen and oxygen atoms in total. The molecule has 2 rings (SSSR count). The predicted molar refractivity (Wildman–Crippen MR) is 95.4 cm³/mol. The molecule has 0 spiro atoms. The van der Waals surface area contributed by atoms with E-state index in [9.17, 15) is 19.7 Å². The van der Waals surface area contributed by atoms with Crippen molar-refractivity contribution in [3.63, 3.8) is 0 Å². The first-order valence-electron chi connectivity index (χ1n) is 7.83. The zero-order chi connectivity index (χ0) is 18.2. The molecule has 0 aliphatic heterocycles. The van der Waals surface area contributed by atoms with Crippen molar-refractivity contribution < 1.29 is 14.5 Å². The Hall–Kier alpha value is -3.22. The Morgan fingerprint density at radius 3 is 2.48 bits per heavy atom. The first kappa shape index (κ1) is 18.1. The van der Waals surface area contributed by atoms with Crippen molar-refractivity contribution in [3.8, 4) is 0 Å². The SMILES string of the molecule is CN(C(=O)CCCC(=O)Nc1cccc([N+](=O)[O-])c1)c1ccccc1. The Labute approximate surface area is 145 Å². The van der Waals surface area contributed by atoms with Crippen LogP contribution in [0.1, 0.15) is 19.3 Å². The lowest BCUT2D eigenvalue weighted by molar-refractivity contribution is -0.384. The fourth-order valence-corrected chi connectivity index (χ4v) is 2.28. The molecule has 1 N–H and O–H groups in total. The fraction of sp³-hybridized carbons (Fsp3) is 0.222. The number of amides is 2. The molecular weight excluding hydrogens is 322 g/mol. The van der Waals surface area contributed by atoms with Gasteiger partial charge in [-0.15, -0.1) is 0 Å². The third-order valence-electron chi connectivity index (χ3n) is 3.65. The molecule has 25 heavy (non-hydrogen) atoms. The molecule has 2 amide bonds. The van der Waals surface area contributed by atoms with Crippen LogP contribution in [0.3, 0.4) is 0 Å². The minimum atomic E-state index is -0.520. The highest BCUT2D eigenvalue weighted by atomic mass is 16.6. The highest BCUT2D eigenvalue weighted by Gasteiger charge is 2.12. The van der Waals surface area contributed by atoms with Gasteiger partial charge in [0.25, 0.3) is 5.69 Å². The van der Waals surface area contributed by atoms with E-state index in [1.807, 2.05) is 30.3 Å². The Morgan fingerprint density at radius 2 is 1.80 bits per heavy atom. The van der Waals surface area contributed by atoms with Gasteiger partial charge in [-0.25, -0.2) is 0 Å². The maximum atomic E-state index is 12.1. The lowest BCUT2D eigenvalue weighted by atomic mass is 10.2. The predicted octanol–water partition coefficient (Wildman–Crippen LogP) is 3.37. The largest absolute Gasteiger partial charge is 0.326 e. The highest BCUT2D eigenvalue weighted by Crippen LogP contribution is 2.18. The second kappa shape index (κ2) is 8.58. The Morgan fingerprint density at radius 1 is 1.08 bits per heavy atom. The third kappa shape index (κ3) is 5.42. The van der Waals surface area contributed by atoms with Crippen LogP contribution in [0.15, 0.2) is 54.6 Å². The van der Waals surface area contributed by atoms with Crippen molar-refractivity contribution in [2.75, 3.05) is 17.3 Å². The number of hydrogen-bond donors (Lipinski definition) is 1. The van der Waals surface area contributed by atoms with Crippen LogP contribution >= 0.6 is 0 Å². The minimum absolute atomic E-state index is 0.0747. The van der Waals surface area contributed by atoms with E-state index in [1.54, 1.807) is 18.0 Å². The Bertz CT molecular complexity index is 762. The van der Waals surface area contributed by atoms with E-state index in [0.29, 0.717) is 12.1 Å². The number of non-ortho nitro benzene ring substituents is 1. The maximum Gasteiger partial charge on any atom is 0.271 e. The smallest absolute Gasteiger partial charge is 0.271 e. The fourth-order valence-electron chi connectivity index (χ4n) is 2.28. The first-order valence-corrected chi connectivity index (χ1v) is 7.83. The van der Waals surface area contributed by atoms with Crippen LogP contribution in [-0.2, 0) is 9.59 Å². The normalized spacial score (nSPS) is 10.1. The van der Waals surface area contributed by atoms with Crippen molar-refractivity contribution in [2.24, 2.45) is 0 Å². The van der Waals surface area contributed by atoms with Crippen molar-refractivity contribution in [1.82, 2.24) is 0 Å². The zero-order valence-electron chi connectivity index (χ0n) is 13.8. The number of benzene rings is 2. The molecular formula is C18H19N3O4. The van der Waals surface area contributed by atoms with Crippen molar-refractivity contribution in [3.05, 3.63) is 64.7 Å². The minimum Gasteiger partial charge on any atom is -0.326 e. The molecule has 0 heterocycles. The van der Waals surface area contributed by atoms with E-state index in [-0.39, 0.29) is 30.3 Å². The summed E-state index contributed by atoms with van der Waals surface area (Å²) >= 11 is 0. The summed E-state index contributed by atoms with van der Waals surface area (Å²) < 4.78 is 0. The number of carbonyl (C=O) groups is 2. The summed E-state index contributed by atoms with van der Waals surface area (Å²) in [5, 5.41) is 13.3. The van der Waals surface area contributed by atoms with Gasteiger partial charge >= 0.3 is 0 Å². The number of rotatable bonds is 7. The van der Waals surface area contributed by atoms with Crippen molar-refractivity contribution in [1.29, 1.82) is 0 Å². The molecule has 2 aromatic rings. The number of nitrogens with zero attached hydrogens (tertiary/aromatic N) is 2. The van der Waals surface area contributed by atoms with Gasteiger partial charge in [-0.3, -0.25) is 19.7 Å². The second-order valence-electron chi connectivity index (χ2n) is 5.50. The quantitative estimate of drug-likeness (QED) is 0.617. The third-order valence-corrected chi connectivity index (χ3v) is 3.65. The Kier molecular flexibility index (Phi) is 6.22. The van der Waals surface area contributed by atoms with Gasteiger partial charge < -0.3 is 10.2 Å². The molecule has 0 saturated carbocycles. The molecule has 7 heteroatoms. The molecule has 0 unspecified atom stereocenters. The van der Waals surface area contributed by atoms with E-state index in [4.69, 9.17) is 0 Å². The standard InChI is InChI=1S/C18H19N3O4/c1-20(15-8-3-2-4-9-15)18(23)12-6-11-17(22)19-14-7-5-10-16(13-14)21(24)25/h2-5,7-10,13H,6,11-12H2,1H3,(H,19,22). The maximum absolute atomic E-state index is 12.1. The molecule has 0 fully saturated rings. The van der Waals surface area contributed by atoms with Crippen LogP contribution in [0.25, 0.3) is 0 Å². The summed E-state index contributed by atoms with van der Waals surface area (Å²) in [5.41, 5.74) is 1.08. The number of hydrogen-bond acceptors (Lipinski definition) is 4. The van der Waals surface area contributed by atoms with Crippen LogP contribution in [0.2, 0.25) is 0 Å². The van der Waals surface area contributed by atoms with Crippen LogP contribution in [-0.4, -0.2) is 23.8 Å². The summed E-state index contributed by atoms with van der Waals surface area (Å²) in [7, 11) is 1.70. The monoisotopic (exact) mass is 341 g/mol. The molecule has 0 bridgehead atoms. The summed E-state index contributed by atoms with van der Waals surface area (Å²) in [4.78, 5) is 35.8. The average molecular weight is 341 g/mol. The second-order valence-corrected chi connectivity index (χ2v) is 5.50. The summed E-state index contributed by atoms with van der Waals surface area (Å²) in [6.45, 7) is 0. The number of para-hydroxylation sites is 1.